The third kappa shape index (κ3) is 2.54. The number of nitrogens with two attached hydrogens (primary N) is 1. The molecule has 1 unspecified atom stereocenters. The van der Waals surface area contributed by atoms with Crippen molar-refractivity contribution in [3.63, 3.8) is 0 Å². The second-order valence-corrected chi connectivity index (χ2v) is 3.96. The summed E-state index contributed by atoms with van der Waals surface area (Å²) in [4.78, 5) is 12.3. The van der Waals surface area contributed by atoms with Gasteiger partial charge in [-0.3, -0.25) is 4.79 Å². The fourth-order valence-corrected chi connectivity index (χ4v) is 1.78. The molecule has 72 valence electrons. The molecule has 1 aromatic rings. The van der Waals surface area contributed by atoms with Gasteiger partial charge in [0.05, 0.1) is 4.88 Å². The fourth-order valence-electron chi connectivity index (χ4n) is 0.954. The molecular formula is C9H14N2OS. The van der Waals surface area contributed by atoms with Crippen LogP contribution < -0.4 is 11.1 Å². The standard InChI is InChI=1S/C9H14N2OS/c1-6-3-4-13-8(6)9(12)11-7(2)5-10/h3-4,7H,5,10H2,1-2H3,(H,11,12). The molecule has 1 amide bonds. The van der Waals surface area contributed by atoms with Crippen LogP contribution in [-0.2, 0) is 0 Å². The highest BCUT2D eigenvalue weighted by molar-refractivity contribution is 7.12. The predicted octanol–water partition coefficient (Wildman–Crippen LogP) is 1.13. The van der Waals surface area contributed by atoms with E-state index in [1.165, 1.54) is 11.3 Å². The lowest BCUT2D eigenvalue weighted by Crippen LogP contribution is -2.37. The SMILES string of the molecule is Cc1ccsc1C(=O)NC(C)CN. The quantitative estimate of drug-likeness (QED) is 0.765. The molecule has 3 N–H and O–H groups in total. The summed E-state index contributed by atoms with van der Waals surface area (Å²) in [6, 6.07) is 1.97. The molecule has 0 aliphatic heterocycles. The topological polar surface area (TPSA) is 55.1 Å². The minimum atomic E-state index is -0.0227. The van der Waals surface area contributed by atoms with Crippen LogP contribution in [0.2, 0.25) is 0 Å². The largest absolute Gasteiger partial charge is 0.348 e. The number of nitrogens with one attached hydrogen (secondary N) is 1. The highest BCUT2D eigenvalue weighted by Crippen LogP contribution is 2.14. The van der Waals surface area contributed by atoms with Crippen molar-refractivity contribution in [2.24, 2.45) is 5.73 Å². The molecule has 0 fully saturated rings. The maximum absolute atomic E-state index is 11.5. The third-order valence-corrected chi connectivity index (χ3v) is 2.81. The first-order valence-electron chi connectivity index (χ1n) is 4.20. The summed E-state index contributed by atoms with van der Waals surface area (Å²) in [6.45, 7) is 4.29. The van der Waals surface area contributed by atoms with Crippen LogP contribution in [0.15, 0.2) is 11.4 Å². The van der Waals surface area contributed by atoms with Crippen LogP contribution in [0.3, 0.4) is 0 Å². The van der Waals surface area contributed by atoms with Gasteiger partial charge in [0.15, 0.2) is 0 Å². The molecule has 4 heteroatoms. The van der Waals surface area contributed by atoms with Crippen molar-refractivity contribution < 1.29 is 4.79 Å². The maximum Gasteiger partial charge on any atom is 0.261 e. The number of carbonyl (C=O) groups excluding carboxylic acids is 1. The van der Waals surface area contributed by atoms with E-state index >= 15 is 0 Å². The summed E-state index contributed by atoms with van der Waals surface area (Å²) < 4.78 is 0. The van der Waals surface area contributed by atoms with Crippen LogP contribution in [0.5, 0.6) is 0 Å². The monoisotopic (exact) mass is 198 g/mol. The molecule has 1 heterocycles. The van der Waals surface area contributed by atoms with Gasteiger partial charge in [0.25, 0.3) is 5.91 Å². The highest BCUT2D eigenvalue weighted by Gasteiger charge is 2.11. The second kappa shape index (κ2) is 4.39. The summed E-state index contributed by atoms with van der Waals surface area (Å²) in [5.74, 6) is -0.0227. The average Bonchev–Trinajstić information content (AvgIpc) is 2.51. The second-order valence-electron chi connectivity index (χ2n) is 3.04. The minimum absolute atomic E-state index is 0.0227. The summed E-state index contributed by atoms with van der Waals surface area (Å²) in [6.07, 6.45) is 0. The molecule has 0 saturated heterocycles. The van der Waals surface area contributed by atoms with Crippen LogP contribution in [0, 0.1) is 6.92 Å². The number of amides is 1. The first-order valence-corrected chi connectivity index (χ1v) is 5.08. The van der Waals surface area contributed by atoms with Crippen LogP contribution in [0.1, 0.15) is 22.2 Å². The van der Waals surface area contributed by atoms with E-state index in [1.54, 1.807) is 0 Å². The first-order chi connectivity index (χ1) is 6.15. The number of rotatable bonds is 3. The zero-order valence-electron chi connectivity index (χ0n) is 7.83. The van der Waals surface area contributed by atoms with E-state index in [4.69, 9.17) is 5.73 Å². The summed E-state index contributed by atoms with van der Waals surface area (Å²) in [5.41, 5.74) is 6.42. The van der Waals surface area contributed by atoms with Crippen molar-refractivity contribution in [1.82, 2.24) is 5.32 Å². The van der Waals surface area contributed by atoms with E-state index in [-0.39, 0.29) is 11.9 Å². The van der Waals surface area contributed by atoms with Crippen molar-refractivity contribution in [3.05, 3.63) is 21.9 Å². The van der Waals surface area contributed by atoms with Crippen molar-refractivity contribution in [1.29, 1.82) is 0 Å². The van der Waals surface area contributed by atoms with Gasteiger partial charge in [0.1, 0.15) is 0 Å². The van der Waals surface area contributed by atoms with Gasteiger partial charge in [-0.2, -0.15) is 0 Å². The van der Waals surface area contributed by atoms with Crippen LogP contribution in [0.25, 0.3) is 0 Å². The average molecular weight is 198 g/mol. The normalized spacial score (nSPS) is 12.5. The van der Waals surface area contributed by atoms with Gasteiger partial charge in [-0.15, -0.1) is 11.3 Å². The van der Waals surface area contributed by atoms with E-state index in [1.807, 2.05) is 25.3 Å². The lowest BCUT2D eigenvalue weighted by atomic mass is 10.2. The Morgan fingerprint density at radius 3 is 2.92 bits per heavy atom. The summed E-state index contributed by atoms with van der Waals surface area (Å²) >= 11 is 1.46. The van der Waals surface area contributed by atoms with Gasteiger partial charge in [-0.05, 0) is 30.9 Å². The molecule has 0 saturated carbocycles. The molecule has 1 rings (SSSR count). The molecule has 1 aromatic heterocycles. The Hall–Kier alpha value is -0.870. The Morgan fingerprint density at radius 1 is 1.77 bits per heavy atom. The molecule has 0 spiro atoms. The van der Waals surface area contributed by atoms with Crippen molar-refractivity contribution in [2.75, 3.05) is 6.54 Å². The zero-order valence-corrected chi connectivity index (χ0v) is 8.65. The molecule has 13 heavy (non-hydrogen) atoms. The Bertz CT molecular complexity index is 296. The van der Waals surface area contributed by atoms with E-state index in [0.29, 0.717) is 6.54 Å². The Labute approximate surface area is 81.9 Å². The lowest BCUT2D eigenvalue weighted by Gasteiger charge is -2.10. The van der Waals surface area contributed by atoms with Gasteiger partial charge in [0, 0.05) is 12.6 Å². The van der Waals surface area contributed by atoms with Crippen molar-refractivity contribution in [3.8, 4) is 0 Å². The van der Waals surface area contributed by atoms with Gasteiger partial charge < -0.3 is 11.1 Å². The number of thiophene rings is 1. The summed E-state index contributed by atoms with van der Waals surface area (Å²) in [5, 5.41) is 4.73. The molecule has 0 aliphatic carbocycles. The maximum atomic E-state index is 11.5. The molecular weight excluding hydrogens is 184 g/mol. The van der Waals surface area contributed by atoms with Crippen LogP contribution in [-0.4, -0.2) is 18.5 Å². The van der Waals surface area contributed by atoms with Gasteiger partial charge >= 0.3 is 0 Å². The van der Waals surface area contributed by atoms with E-state index in [2.05, 4.69) is 5.32 Å². The number of aryl methyl sites for hydroxylation is 1. The number of hydrogen-bond acceptors (Lipinski definition) is 3. The Morgan fingerprint density at radius 2 is 2.46 bits per heavy atom. The van der Waals surface area contributed by atoms with Crippen LogP contribution >= 0.6 is 11.3 Å². The van der Waals surface area contributed by atoms with E-state index < -0.39 is 0 Å². The fraction of sp³-hybridized carbons (Fsp3) is 0.444. The molecule has 1 atom stereocenters. The number of carbonyl (C=O) groups is 1. The Balaban J connectivity index is 2.64. The smallest absolute Gasteiger partial charge is 0.261 e. The third-order valence-electron chi connectivity index (χ3n) is 1.80. The molecule has 0 aromatic carbocycles. The van der Waals surface area contributed by atoms with Crippen LogP contribution in [0.4, 0.5) is 0 Å². The molecule has 0 aliphatic rings. The van der Waals surface area contributed by atoms with E-state index in [0.717, 1.165) is 10.4 Å². The summed E-state index contributed by atoms with van der Waals surface area (Å²) in [7, 11) is 0. The molecule has 0 radical (unpaired) electrons. The minimum Gasteiger partial charge on any atom is -0.348 e. The lowest BCUT2D eigenvalue weighted by molar-refractivity contribution is 0.0945. The van der Waals surface area contributed by atoms with Gasteiger partial charge in [0.2, 0.25) is 0 Å². The van der Waals surface area contributed by atoms with Crippen molar-refractivity contribution in [2.45, 2.75) is 19.9 Å². The van der Waals surface area contributed by atoms with E-state index in [9.17, 15) is 4.79 Å². The molecule has 0 bridgehead atoms. The van der Waals surface area contributed by atoms with Gasteiger partial charge in [-0.25, -0.2) is 0 Å². The molecule has 3 nitrogen and oxygen atoms in total. The first kappa shape index (κ1) is 10.2. The predicted molar refractivity (Wildman–Crippen MR) is 55.0 cm³/mol. The Kier molecular flexibility index (Phi) is 3.45. The van der Waals surface area contributed by atoms with Crippen molar-refractivity contribution >= 4 is 17.2 Å². The highest BCUT2D eigenvalue weighted by atomic mass is 32.1. The zero-order chi connectivity index (χ0) is 9.84. The van der Waals surface area contributed by atoms with Gasteiger partial charge in [-0.1, -0.05) is 0 Å². The number of hydrogen-bond donors (Lipinski definition) is 2.